The second-order valence-corrected chi connectivity index (χ2v) is 3.91. The first kappa shape index (κ1) is 8.93. The number of ether oxygens (including phenoxy) is 1. The fourth-order valence-electron chi connectivity index (χ4n) is 1.16. The van der Waals surface area contributed by atoms with Gasteiger partial charge in [-0.05, 0) is 40.8 Å². The van der Waals surface area contributed by atoms with E-state index in [4.69, 9.17) is 4.74 Å². The SMILES string of the molecule is Fc1cc(I)ccc1C1=NCCO1. The monoisotopic (exact) mass is 291 g/mol. The third kappa shape index (κ3) is 1.82. The van der Waals surface area contributed by atoms with Crippen molar-refractivity contribution in [2.24, 2.45) is 4.99 Å². The Morgan fingerprint density at radius 3 is 2.92 bits per heavy atom. The lowest BCUT2D eigenvalue weighted by molar-refractivity contribution is 0.347. The van der Waals surface area contributed by atoms with Gasteiger partial charge in [0.25, 0.3) is 0 Å². The molecule has 1 aliphatic heterocycles. The number of benzene rings is 1. The van der Waals surface area contributed by atoms with Crippen molar-refractivity contribution in [2.75, 3.05) is 13.2 Å². The number of hydrogen-bond donors (Lipinski definition) is 0. The van der Waals surface area contributed by atoms with E-state index in [1.54, 1.807) is 6.07 Å². The number of rotatable bonds is 1. The molecule has 0 spiro atoms. The van der Waals surface area contributed by atoms with E-state index in [9.17, 15) is 4.39 Å². The van der Waals surface area contributed by atoms with Crippen LogP contribution in [0.3, 0.4) is 0 Å². The van der Waals surface area contributed by atoms with Gasteiger partial charge in [-0.15, -0.1) is 0 Å². The Labute approximate surface area is 89.0 Å². The van der Waals surface area contributed by atoms with Crippen LogP contribution in [0.1, 0.15) is 5.56 Å². The van der Waals surface area contributed by atoms with Crippen molar-refractivity contribution in [3.63, 3.8) is 0 Å². The van der Waals surface area contributed by atoms with Crippen molar-refractivity contribution in [3.05, 3.63) is 33.1 Å². The van der Waals surface area contributed by atoms with Gasteiger partial charge in [-0.25, -0.2) is 9.38 Å². The maximum atomic E-state index is 13.3. The zero-order chi connectivity index (χ0) is 9.26. The topological polar surface area (TPSA) is 21.6 Å². The molecular formula is C9H7FINO. The van der Waals surface area contributed by atoms with Crippen molar-refractivity contribution in [1.29, 1.82) is 0 Å². The molecule has 0 N–H and O–H groups in total. The quantitative estimate of drug-likeness (QED) is 0.727. The normalized spacial score (nSPS) is 15.4. The first-order valence-corrected chi connectivity index (χ1v) is 4.98. The minimum atomic E-state index is -0.271. The lowest BCUT2D eigenvalue weighted by atomic mass is 10.2. The van der Waals surface area contributed by atoms with E-state index in [1.165, 1.54) is 6.07 Å². The zero-order valence-electron chi connectivity index (χ0n) is 6.76. The van der Waals surface area contributed by atoms with Crippen LogP contribution in [-0.2, 0) is 4.74 Å². The Kier molecular flexibility index (Phi) is 2.48. The van der Waals surface area contributed by atoms with E-state index in [2.05, 4.69) is 27.6 Å². The number of halogens is 2. The fraction of sp³-hybridized carbons (Fsp3) is 0.222. The largest absolute Gasteiger partial charge is 0.475 e. The van der Waals surface area contributed by atoms with E-state index >= 15 is 0 Å². The van der Waals surface area contributed by atoms with E-state index in [0.717, 1.165) is 3.57 Å². The predicted octanol–water partition coefficient (Wildman–Crippen LogP) is 2.21. The molecule has 1 aromatic carbocycles. The van der Waals surface area contributed by atoms with Crippen molar-refractivity contribution < 1.29 is 9.13 Å². The molecule has 2 rings (SSSR count). The van der Waals surface area contributed by atoms with Gasteiger partial charge in [0.2, 0.25) is 5.90 Å². The molecule has 0 fully saturated rings. The molecule has 0 saturated carbocycles. The minimum Gasteiger partial charge on any atom is -0.475 e. The van der Waals surface area contributed by atoms with Gasteiger partial charge in [-0.3, -0.25) is 0 Å². The van der Waals surface area contributed by atoms with Gasteiger partial charge in [-0.1, -0.05) is 0 Å². The Morgan fingerprint density at radius 1 is 1.46 bits per heavy atom. The highest BCUT2D eigenvalue weighted by atomic mass is 127. The molecule has 68 valence electrons. The highest BCUT2D eigenvalue weighted by molar-refractivity contribution is 14.1. The van der Waals surface area contributed by atoms with Gasteiger partial charge < -0.3 is 4.74 Å². The Morgan fingerprint density at radius 2 is 2.31 bits per heavy atom. The summed E-state index contributed by atoms with van der Waals surface area (Å²) in [4.78, 5) is 4.05. The highest BCUT2D eigenvalue weighted by Crippen LogP contribution is 2.15. The standard InChI is InChI=1S/C9H7FINO/c10-8-5-6(11)1-2-7(8)9-12-3-4-13-9/h1-2,5H,3-4H2. The summed E-state index contributed by atoms with van der Waals surface area (Å²) in [7, 11) is 0. The summed E-state index contributed by atoms with van der Waals surface area (Å²) < 4.78 is 19.4. The Bertz CT molecular complexity index is 365. The Balaban J connectivity index is 2.40. The fourth-order valence-corrected chi connectivity index (χ4v) is 1.61. The summed E-state index contributed by atoms with van der Waals surface area (Å²) in [6, 6.07) is 5.00. The average molecular weight is 291 g/mol. The second-order valence-electron chi connectivity index (χ2n) is 2.66. The molecule has 0 aromatic heterocycles. The van der Waals surface area contributed by atoms with Gasteiger partial charge in [0, 0.05) is 3.57 Å². The summed E-state index contributed by atoms with van der Waals surface area (Å²) in [5, 5.41) is 0. The molecule has 0 aliphatic carbocycles. The van der Waals surface area contributed by atoms with E-state index in [1.807, 2.05) is 6.07 Å². The Hall–Kier alpha value is -0.650. The van der Waals surface area contributed by atoms with Crippen LogP contribution in [0.25, 0.3) is 0 Å². The molecule has 0 amide bonds. The van der Waals surface area contributed by atoms with Crippen molar-refractivity contribution >= 4 is 28.5 Å². The van der Waals surface area contributed by atoms with Gasteiger partial charge in [0.05, 0.1) is 12.1 Å². The van der Waals surface area contributed by atoms with E-state index in [0.29, 0.717) is 24.6 Å². The van der Waals surface area contributed by atoms with Crippen molar-refractivity contribution in [1.82, 2.24) is 0 Å². The third-order valence-electron chi connectivity index (χ3n) is 1.75. The molecule has 0 bridgehead atoms. The van der Waals surface area contributed by atoms with Crippen molar-refractivity contribution in [2.45, 2.75) is 0 Å². The van der Waals surface area contributed by atoms with Crippen LogP contribution in [0.5, 0.6) is 0 Å². The molecule has 0 saturated heterocycles. The number of hydrogen-bond acceptors (Lipinski definition) is 2. The highest BCUT2D eigenvalue weighted by Gasteiger charge is 2.14. The van der Waals surface area contributed by atoms with Gasteiger partial charge in [0.1, 0.15) is 12.4 Å². The lowest BCUT2D eigenvalue weighted by Gasteiger charge is -2.02. The van der Waals surface area contributed by atoms with Crippen LogP contribution in [0, 0.1) is 9.39 Å². The maximum Gasteiger partial charge on any atom is 0.219 e. The molecule has 13 heavy (non-hydrogen) atoms. The van der Waals surface area contributed by atoms with Crippen LogP contribution >= 0.6 is 22.6 Å². The molecule has 2 nitrogen and oxygen atoms in total. The molecule has 0 unspecified atom stereocenters. The first-order chi connectivity index (χ1) is 6.27. The van der Waals surface area contributed by atoms with Crippen molar-refractivity contribution in [3.8, 4) is 0 Å². The number of nitrogens with zero attached hydrogens (tertiary/aromatic N) is 1. The maximum absolute atomic E-state index is 13.3. The van der Waals surface area contributed by atoms with Crippen LogP contribution in [0.15, 0.2) is 23.2 Å². The van der Waals surface area contributed by atoms with Crippen LogP contribution in [0.4, 0.5) is 4.39 Å². The second kappa shape index (κ2) is 3.61. The third-order valence-corrected chi connectivity index (χ3v) is 2.42. The molecular weight excluding hydrogens is 284 g/mol. The van der Waals surface area contributed by atoms with Gasteiger partial charge >= 0.3 is 0 Å². The van der Waals surface area contributed by atoms with E-state index < -0.39 is 0 Å². The molecule has 4 heteroatoms. The first-order valence-electron chi connectivity index (χ1n) is 3.90. The molecule has 0 atom stereocenters. The minimum absolute atomic E-state index is 0.271. The van der Waals surface area contributed by atoms with Crippen LogP contribution in [0.2, 0.25) is 0 Å². The lowest BCUT2D eigenvalue weighted by Crippen LogP contribution is -2.04. The average Bonchev–Trinajstić information content (AvgIpc) is 2.56. The van der Waals surface area contributed by atoms with E-state index in [-0.39, 0.29) is 5.82 Å². The summed E-state index contributed by atoms with van der Waals surface area (Å²) in [5.74, 6) is 0.154. The molecule has 1 heterocycles. The van der Waals surface area contributed by atoms with Gasteiger partial charge in [-0.2, -0.15) is 0 Å². The molecule has 1 aromatic rings. The predicted molar refractivity (Wildman–Crippen MR) is 56.5 cm³/mol. The zero-order valence-corrected chi connectivity index (χ0v) is 8.92. The summed E-state index contributed by atoms with van der Waals surface area (Å²) in [5.41, 5.74) is 0.456. The summed E-state index contributed by atoms with van der Waals surface area (Å²) in [6.07, 6.45) is 0. The summed E-state index contributed by atoms with van der Waals surface area (Å²) in [6.45, 7) is 1.18. The van der Waals surface area contributed by atoms with Crippen LogP contribution < -0.4 is 0 Å². The van der Waals surface area contributed by atoms with Gasteiger partial charge in [0.15, 0.2) is 0 Å². The van der Waals surface area contributed by atoms with Crippen LogP contribution in [-0.4, -0.2) is 19.0 Å². The summed E-state index contributed by atoms with van der Waals surface area (Å²) >= 11 is 2.06. The smallest absolute Gasteiger partial charge is 0.219 e. The number of aliphatic imine (C=N–C) groups is 1. The molecule has 0 radical (unpaired) electrons. The molecule has 1 aliphatic rings.